The number of nitrogens with zero attached hydrogens (tertiary/aromatic N) is 1. The van der Waals surface area contributed by atoms with E-state index in [-0.39, 0.29) is 0 Å². The molecule has 1 N–H and O–H groups in total. The van der Waals surface area contributed by atoms with Crippen molar-refractivity contribution in [2.45, 2.75) is 25.3 Å². The lowest BCUT2D eigenvalue weighted by molar-refractivity contribution is 0.268. The summed E-state index contributed by atoms with van der Waals surface area (Å²) < 4.78 is 26.9. The van der Waals surface area contributed by atoms with Crippen LogP contribution in [0.5, 0.6) is 0 Å². The zero-order chi connectivity index (χ0) is 12.9. The van der Waals surface area contributed by atoms with Crippen LogP contribution < -0.4 is 0 Å². The molecule has 1 aliphatic rings. The van der Waals surface area contributed by atoms with Gasteiger partial charge in [0.1, 0.15) is 0 Å². The second-order valence-corrected chi connectivity index (χ2v) is 5.23. The molecular weight excluding hydrogens is 234 g/mol. The lowest BCUT2D eigenvalue weighted by atomic mass is 9.91. The molecule has 0 saturated heterocycles. The first-order valence-corrected chi connectivity index (χ1v) is 6.21. The zero-order valence-electron chi connectivity index (χ0n) is 10.6. The minimum Gasteiger partial charge on any atom is -0.356 e. The monoisotopic (exact) mass is 250 g/mol. The Bertz CT molecular complexity index is 601. The van der Waals surface area contributed by atoms with Gasteiger partial charge in [-0.3, -0.25) is 0 Å². The quantitative estimate of drug-likeness (QED) is 0.824. The van der Waals surface area contributed by atoms with Crippen molar-refractivity contribution < 1.29 is 8.78 Å². The van der Waals surface area contributed by atoms with Gasteiger partial charge in [-0.25, -0.2) is 8.78 Å². The number of nitrogens with one attached hydrogen (secondary N) is 1. The molecule has 18 heavy (non-hydrogen) atoms. The molecule has 1 aromatic heterocycles. The maximum absolute atomic E-state index is 13.7. The Morgan fingerprint density at radius 1 is 1.28 bits per heavy atom. The fourth-order valence-corrected chi connectivity index (χ4v) is 2.85. The Kier molecular flexibility index (Phi) is 2.63. The Morgan fingerprint density at radius 3 is 2.78 bits per heavy atom. The molecule has 4 heteroatoms. The number of fused-ring (bicyclic) bond motifs is 3. The molecule has 1 aliphatic carbocycles. The highest BCUT2D eigenvalue weighted by molar-refractivity contribution is 5.85. The third-order valence-corrected chi connectivity index (χ3v) is 3.96. The van der Waals surface area contributed by atoms with Crippen molar-refractivity contribution in [3.8, 4) is 0 Å². The first-order chi connectivity index (χ1) is 8.58. The highest BCUT2D eigenvalue weighted by atomic mass is 19.2. The van der Waals surface area contributed by atoms with E-state index in [0.717, 1.165) is 35.9 Å². The summed E-state index contributed by atoms with van der Waals surface area (Å²) in [6, 6.07) is 3.37. The summed E-state index contributed by atoms with van der Waals surface area (Å²) in [5.41, 5.74) is 2.53. The Hall–Kier alpha value is -1.42. The molecule has 0 amide bonds. The number of halogens is 2. The number of aryl methyl sites for hydroxylation is 1. The molecule has 1 atom stereocenters. The molecule has 0 fully saturated rings. The van der Waals surface area contributed by atoms with E-state index in [1.165, 1.54) is 6.07 Å². The van der Waals surface area contributed by atoms with Crippen LogP contribution in [-0.2, 0) is 12.8 Å². The fourth-order valence-electron chi connectivity index (χ4n) is 2.85. The van der Waals surface area contributed by atoms with Gasteiger partial charge in [0.25, 0.3) is 0 Å². The van der Waals surface area contributed by atoms with Crippen LogP contribution in [0.3, 0.4) is 0 Å². The number of H-pyrrole nitrogens is 1. The molecule has 0 radical (unpaired) electrons. The molecule has 0 spiro atoms. The molecule has 0 bridgehead atoms. The predicted molar refractivity (Wildman–Crippen MR) is 67.7 cm³/mol. The summed E-state index contributed by atoms with van der Waals surface area (Å²) in [5, 5.41) is 0.829. The van der Waals surface area contributed by atoms with Crippen LogP contribution in [0.1, 0.15) is 17.7 Å². The standard InChI is InChI=1S/C14H16F2N2/c1-18(2)8-3-6-12-10(7-8)9-4-5-11(15)13(16)14(9)17-12/h4-5,8,17H,3,6-7H2,1-2H3/t8-/m0/s1. The number of hydrogen-bond donors (Lipinski definition) is 1. The third kappa shape index (κ3) is 1.63. The van der Waals surface area contributed by atoms with Gasteiger partial charge in [-0.1, -0.05) is 0 Å². The predicted octanol–water partition coefficient (Wildman–Crippen LogP) is 2.87. The Morgan fingerprint density at radius 2 is 2.06 bits per heavy atom. The van der Waals surface area contributed by atoms with Crippen molar-refractivity contribution in [1.29, 1.82) is 0 Å². The van der Waals surface area contributed by atoms with Gasteiger partial charge >= 0.3 is 0 Å². The maximum atomic E-state index is 13.7. The maximum Gasteiger partial charge on any atom is 0.182 e. The van der Waals surface area contributed by atoms with E-state index in [1.54, 1.807) is 6.07 Å². The van der Waals surface area contributed by atoms with Gasteiger partial charge in [-0.2, -0.15) is 0 Å². The molecule has 2 aromatic rings. The lowest BCUT2D eigenvalue weighted by Crippen LogP contribution is -2.33. The van der Waals surface area contributed by atoms with Gasteiger partial charge in [0, 0.05) is 17.1 Å². The van der Waals surface area contributed by atoms with Crippen molar-refractivity contribution in [2.24, 2.45) is 0 Å². The second kappa shape index (κ2) is 4.05. The molecule has 0 saturated carbocycles. The summed E-state index contributed by atoms with van der Waals surface area (Å²) in [7, 11) is 4.12. The number of hydrogen-bond acceptors (Lipinski definition) is 1. The number of rotatable bonds is 1. The summed E-state index contributed by atoms with van der Waals surface area (Å²) in [5.74, 6) is -1.55. The van der Waals surface area contributed by atoms with E-state index in [2.05, 4.69) is 24.0 Å². The Balaban J connectivity index is 2.14. The van der Waals surface area contributed by atoms with Crippen molar-refractivity contribution in [2.75, 3.05) is 14.1 Å². The summed E-state index contributed by atoms with van der Waals surface area (Å²) in [6.45, 7) is 0. The van der Waals surface area contributed by atoms with Gasteiger partial charge in [0.05, 0.1) is 5.52 Å². The topological polar surface area (TPSA) is 19.0 Å². The average molecular weight is 250 g/mol. The van der Waals surface area contributed by atoms with E-state index >= 15 is 0 Å². The van der Waals surface area contributed by atoms with Crippen LogP contribution in [0.15, 0.2) is 12.1 Å². The summed E-state index contributed by atoms with van der Waals surface area (Å²) in [4.78, 5) is 5.25. The minimum atomic E-state index is -0.787. The van der Waals surface area contributed by atoms with Crippen molar-refractivity contribution in [3.05, 3.63) is 35.0 Å². The number of likely N-dealkylation sites (N-methyl/N-ethyl adjacent to an activating group) is 1. The lowest BCUT2D eigenvalue weighted by Gasteiger charge is -2.28. The highest BCUT2D eigenvalue weighted by Gasteiger charge is 2.25. The van der Waals surface area contributed by atoms with Gasteiger partial charge in [0.2, 0.25) is 0 Å². The normalized spacial score (nSPS) is 19.5. The van der Waals surface area contributed by atoms with Crippen LogP contribution in [0.25, 0.3) is 10.9 Å². The van der Waals surface area contributed by atoms with E-state index in [9.17, 15) is 8.78 Å². The van der Waals surface area contributed by atoms with Gasteiger partial charge < -0.3 is 9.88 Å². The number of benzene rings is 1. The van der Waals surface area contributed by atoms with Gasteiger partial charge in [-0.15, -0.1) is 0 Å². The first kappa shape index (κ1) is 11.7. The van der Waals surface area contributed by atoms with Crippen LogP contribution in [-0.4, -0.2) is 30.0 Å². The third-order valence-electron chi connectivity index (χ3n) is 3.96. The molecule has 3 rings (SSSR count). The zero-order valence-corrected chi connectivity index (χ0v) is 10.6. The summed E-state index contributed by atoms with van der Waals surface area (Å²) >= 11 is 0. The van der Waals surface area contributed by atoms with Gasteiger partial charge in [0.15, 0.2) is 11.6 Å². The SMILES string of the molecule is CN(C)[C@H]1CCc2[nH]c3c(F)c(F)ccc3c2C1. The highest BCUT2D eigenvalue weighted by Crippen LogP contribution is 2.32. The molecule has 0 unspecified atom stereocenters. The van der Waals surface area contributed by atoms with Crippen LogP contribution in [0, 0.1) is 11.6 Å². The molecular formula is C14H16F2N2. The van der Waals surface area contributed by atoms with Crippen molar-refractivity contribution in [1.82, 2.24) is 9.88 Å². The molecule has 1 heterocycles. The van der Waals surface area contributed by atoms with E-state index in [1.807, 2.05) is 0 Å². The molecule has 2 nitrogen and oxygen atoms in total. The van der Waals surface area contributed by atoms with Crippen LogP contribution in [0.4, 0.5) is 8.78 Å². The van der Waals surface area contributed by atoms with E-state index in [4.69, 9.17) is 0 Å². The van der Waals surface area contributed by atoms with E-state index < -0.39 is 11.6 Å². The van der Waals surface area contributed by atoms with Crippen molar-refractivity contribution >= 4 is 10.9 Å². The smallest absolute Gasteiger partial charge is 0.182 e. The second-order valence-electron chi connectivity index (χ2n) is 5.23. The van der Waals surface area contributed by atoms with Crippen LogP contribution >= 0.6 is 0 Å². The average Bonchev–Trinajstić information content (AvgIpc) is 2.72. The largest absolute Gasteiger partial charge is 0.356 e. The molecule has 96 valence electrons. The minimum absolute atomic E-state index is 0.319. The number of aromatic nitrogens is 1. The summed E-state index contributed by atoms with van der Waals surface area (Å²) in [6.07, 6.45) is 2.85. The van der Waals surface area contributed by atoms with Gasteiger partial charge in [-0.05, 0) is 51.1 Å². The number of aromatic amines is 1. The van der Waals surface area contributed by atoms with Crippen LogP contribution in [0.2, 0.25) is 0 Å². The molecule has 1 aromatic carbocycles. The molecule has 0 aliphatic heterocycles. The van der Waals surface area contributed by atoms with Crippen molar-refractivity contribution in [3.63, 3.8) is 0 Å². The first-order valence-electron chi connectivity index (χ1n) is 6.21. The van der Waals surface area contributed by atoms with E-state index in [0.29, 0.717) is 11.6 Å². The fraction of sp³-hybridized carbons (Fsp3) is 0.429. The Labute approximate surface area is 105 Å².